The van der Waals surface area contributed by atoms with Crippen molar-refractivity contribution < 1.29 is 9.18 Å². The quantitative estimate of drug-likeness (QED) is 0.282. The molecule has 0 radical (unpaired) electrons. The van der Waals surface area contributed by atoms with Gasteiger partial charge in [-0.1, -0.05) is 28.9 Å². The minimum Gasteiger partial charge on any atom is -0.303 e. The number of aryl methyl sites for hydroxylation is 1. The molecule has 6 nitrogen and oxygen atoms in total. The van der Waals surface area contributed by atoms with Crippen LogP contribution in [0.4, 0.5) is 4.39 Å². The Bertz CT molecular complexity index is 1520. The minimum atomic E-state index is -0.530. The zero-order valence-corrected chi connectivity index (χ0v) is 19.1. The molecule has 4 heterocycles. The van der Waals surface area contributed by atoms with Crippen molar-refractivity contribution in [3.8, 4) is 0 Å². The van der Waals surface area contributed by atoms with Gasteiger partial charge in [-0.2, -0.15) is 0 Å². The number of halogens is 2. The zero-order chi connectivity index (χ0) is 22.5. The molecule has 166 valence electrons. The molecule has 1 aliphatic carbocycles. The number of Topliss-reactive ketones (excluding diaryl/α,β-unsaturated/α-hetero) is 1. The number of fused-ring (bicyclic) bond motifs is 2. The van der Waals surface area contributed by atoms with Crippen molar-refractivity contribution in [1.29, 1.82) is 0 Å². The van der Waals surface area contributed by atoms with Crippen LogP contribution in [0.25, 0.3) is 15.6 Å². The van der Waals surface area contributed by atoms with E-state index in [1.807, 2.05) is 0 Å². The molecule has 0 atom stereocenters. The van der Waals surface area contributed by atoms with Crippen LogP contribution in [0.15, 0.2) is 49.1 Å². The van der Waals surface area contributed by atoms with Gasteiger partial charge in [-0.15, -0.1) is 16.4 Å². The number of hydrogen-bond acceptors (Lipinski definition) is 5. The summed E-state index contributed by atoms with van der Waals surface area (Å²) >= 11 is 7.64. The Kier molecular flexibility index (Phi) is 4.99. The van der Waals surface area contributed by atoms with Gasteiger partial charge >= 0.3 is 0 Å². The third-order valence-corrected chi connectivity index (χ3v) is 7.42. The molecule has 1 aromatic carbocycles. The summed E-state index contributed by atoms with van der Waals surface area (Å²) in [4.78, 5) is 18.1. The molecule has 0 spiro atoms. The number of ketones is 1. The van der Waals surface area contributed by atoms with E-state index in [0.29, 0.717) is 29.9 Å². The number of thiophene rings is 1. The van der Waals surface area contributed by atoms with Crippen LogP contribution in [-0.4, -0.2) is 30.2 Å². The number of carbonyl (C=O) groups excluding carboxylic acids is 1. The Morgan fingerprint density at radius 1 is 1.24 bits per heavy atom. The molecular weight excluding hydrogens is 461 g/mol. The molecule has 6 rings (SSSR count). The molecule has 0 N–H and O–H groups in total. The van der Waals surface area contributed by atoms with Crippen LogP contribution in [0.5, 0.6) is 0 Å². The van der Waals surface area contributed by atoms with E-state index < -0.39 is 5.82 Å². The molecule has 1 saturated carbocycles. The average Bonchev–Trinajstić information content (AvgIpc) is 3.23. The van der Waals surface area contributed by atoms with Gasteiger partial charge in [0.05, 0.1) is 29.8 Å². The Hall–Kier alpha value is -3.10. The van der Waals surface area contributed by atoms with Crippen LogP contribution in [0, 0.1) is 5.82 Å². The first-order valence-electron chi connectivity index (χ1n) is 10.8. The fourth-order valence-corrected chi connectivity index (χ4v) is 5.39. The van der Waals surface area contributed by atoms with Gasteiger partial charge in [-0.25, -0.2) is 14.1 Å². The summed E-state index contributed by atoms with van der Waals surface area (Å²) in [6.45, 7) is 0.563. The lowest BCUT2D eigenvalue weighted by Gasteiger charge is -2.01. The van der Waals surface area contributed by atoms with Gasteiger partial charge in [0.25, 0.3) is 0 Å². The summed E-state index contributed by atoms with van der Waals surface area (Å²) in [7, 11) is 0. The Morgan fingerprint density at radius 2 is 2.12 bits per heavy atom. The van der Waals surface area contributed by atoms with Crippen molar-refractivity contribution >= 4 is 44.3 Å². The highest BCUT2D eigenvalue weighted by atomic mass is 35.5. The molecule has 1 aliphatic rings. The first-order valence-corrected chi connectivity index (χ1v) is 12.0. The summed E-state index contributed by atoms with van der Waals surface area (Å²) in [5.74, 6) is 0.0466. The van der Waals surface area contributed by atoms with Crippen molar-refractivity contribution in [2.45, 2.75) is 38.1 Å². The number of rotatable bonds is 7. The second kappa shape index (κ2) is 8.04. The van der Waals surface area contributed by atoms with Gasteiger partial charge in [0.2, 0.25) is 0 Å². The molecule has 5 aromatic rings. The average molecular weight is 480 g/mol. The summed E-state index contributed by atoms with van der Waals surface area (Å²) in [6.07, 6.45) is 7.86. The van der Waals surface area contributed by atoms with Gasteiger partial charge < -0.3 is 4.40 Å². The molecule has 4 aromatic heterocycles. The molecule has 33 heavy (non-hydrogen) atoms. The SMILES string of the molecule is O=C(CCc1ncn2ccc(Cl)c(F)c12)c1cn(Cc2cc3ccc(C4CC4)cc3s2)nn1. The Balaban J connectivity index is 1.14. The molecular formula is C24H19ClFN5OS. The zero-order valence-electron chi connectivity index (χ0n) is 17.5. The topological polar surface area (TPSA) is 65.1 Å². The molecule has 0 amide bonds. The highest BCUT2D eigenvalue weighted by Gasteiger charge is 2.23. The number of pyridine rings is 1. The van der Waals surface area contributed by atoms with Gasteiger partial charge in [0, 0.05) is 22.2 Å². The summed E-state index contributed by atoms with van der Waals surface area (Å²) < 4.78 is 18.9. The minimum absolute atomic E-state index is 0.0310. The maximum absolute atomic E-state index is 14.4. The van der Waals surface area contributed by atoms with E-state index >= 15 is 0 Å². The third kappa shape index (κ3) is 3.94. The van der Waals surface area contributed by atoms with Gasteiger partial charge in [0.15, 0.2) is 11.6 Å². The first-order chi connectivity index (χ1) is 16.0. The van der Waals surface area contributed by atoms with E-state index in [0.717, 1.165) is 5.92 Å². The highest BCUT2D eigenvalue weighted by molar-refractivity contribution is 7.19. The number of carbonyl (C=O) groups is 1. The fraction of sp³-hybridized carbons (Fsp3) is 0.250. The van der Waals surface area contributed by atoms with E-state index in [9.17, 15) is 9.18 Å². The van der Waals surface area contributed by atoms with Crippen LogP contribution >= 0.6 is 22.9 Å². The van der Waals surface area contributed by atoms with Crippen LogP contribution in [0.3, 0.4) is 0 Å². The second-order valence-corrected chi connectivity index (χ2v) is 10.0. The summed E-state index contributed by atoms with van der Waals surface area (Å²) in [6, 6.07) is 10.4. The maximum Gasteiger partial charge on any atom is 0.185 e. The largest absolute Gasteiger partial charge is 0.303 e. The van der Waals surface area contributed by atoms with Crippen LogP contribution in [0.1, 0.15) is 51.8 Å². The standard InChI is InChI=1S/C24H19ClFN5OS/c25-18-7-8-30-13-27-19(24(30)23(18)26)5-6-21(32)20-12-31(29-28-20)11-17-9-16-4-3-15(14-1-2-14)10-22(16)33-17/h3-4,7-10,12-14H,1-2,5-6,11H2. The van der Waals surface area contributed by atoms with E-state index in [-0.39, 0.29) is 17.2 Å². The number of imidazole rings is 1. The van der Waals surface area contributed by atoms with E-state index in [1.165, 1.54) is 45.8 Å². The highest BCUT2D eigenvalue weighted by Crippen LogP contribution is 2.41. The number of benzene rings is 1. The van der Waals surface area contributed by atoms with Crippen LogP contribution in [0.2, 0.25) is 5.02 Å². The normalized spacial score (nSPS) is 13.9. The van der Waals surface area contributed by atoms with Crippen LogP contribution < -0.4 is 0 Å². The number of aromatic nitrogens is 5. The van der Waals surface area contributed by atoms with Crippen molar-refractivity contribution in [1.82, 2.24) is 24.4 Å². The maximum atomic E-state index is 14.4. The third-order valence-electron chi connectivity index (χ3n) is 6.04. The monoisotopic (exact) mass is 479 g/mol. The summed E-state index contributed by atoms with van der Waals surface area (Å²) in [5.41, 5.74) is 2.52. The fourth-order valence-electron chi connectivity index (χ4n) is 4.14. The lowest BCUT2D eigenvalue weighted by molar-refractivity contribution is 0.0977. The molecule has 0 aliphatic heterocycles. The van der Waals surface area contributed by atoms with Gasteiger partial charge in [0.1, 0.15) is 11.2 Å². The van der Waals surface area contributed by atoms with Crippen LogP contribution in [-0.2, 0) is 13.0 Å². The van der Waals surface area contributed by atoms with Gasteiger partial charge in [-0.05, 0) is 54.3 Å². The number of hydrogen-bond donors (Lipinski definition) is 0. The molecule has 9 heteroatoms. The smallest absolute Gasteiger partial charge is 0.185 e. The van der Waals surface area contributed by atoms with E-state index in [4.69, 9.17) is 11.6 Å². The number of nitrogens with zero attached hydrogens (tertiary/aromatic N) is 5. The van der Waals surface area contributed by atoms with E-state index in [1.54, 1.807) is 32.8 Å². The molecule has 0 saturated heterocycles. The lowest BCUT2D eigenvalue weighted by Crippen LogP contribution is -2.03. The predicted molar refractivity (Wildman–Crippen MR) is 126 cm³/mol. The molecule has 0 bridgehead atoms. The molecule has 0 unspecified atom stereocenters. The molecule has 1 fully saturated rings. The summed E-state index contributed by atoms with van der Waals surface area (Å²) in [5, 5.41) is 9.45. The second-order valence-electron chi connectivity index (χ2n) is 8.43. The van der Waals surface area contributed by atoms with E-state index in [2.05, 4.69) is 39.6 Å². The lowest BCUT2D eigenvalue weighted by atomic mass is 10.1. The predicted octanol–water partition coefficient (Wildman–Crippen LogP) is 5.67. The van der Waals surface area contributed by atoms with Gasteiger partial charge in [-0.3, -0.25) is 4.79 Å². The Morgan fingerprint density at radius 3 is 2.97 bits per heavy atom. The van der Waals surface area contributed by atoms with Crippen molar-refractivity contribution in [3.63, 3.8) is 0 Å². The first kappa shape index (κ1) is 20.5. The van der Waals surface area contributed by atoms with Crippen molar-refractivity contribution in [3.05, 3.63) is 81.7 Å². The van der Waals surface area contributed by atoms with Crippen molar-refractivity contribution in [2.75, 3.05) is 0 Å². The Labute approximate surface area is 197 Å². The van der Waals surface area contributed by atoms with Crippen molar-refractivity contribution in [2.24, 2.45) is 0 Å².